The van der Waals surface area contributed by atoms with Crippen molar-refractivity contribution in [3.63, 3.8) is 0 Å². The predicted molar refractivity (Wildman–Crippen MR) is 146 cm³/mol. The van der Waals surface area contributed by atoms with Crippen molar-refractivity contribution in [2.24, 2.45) is 16.5 Å². The lowest BCUT2D eigenvalue weighted by Gasteiger charge is -2.25. The van der Waals surface area contributed by atoms with Gasteiger partial charge in [0.2, 0.25) is 5.78 Å². The summed E-state index contributed by atoms with van der Waals surface area (Å²) in [5, 5.41) is 6.26. The van der Waals surface area contributed by atoms with Crippen LogP contribution in [0, 0.1) is 0 Å². The fourth-order valence-electron chi connectivity index (χ4n) is 5.81. The molecule has 5 rings (SSSR count). The number of epoxide rings is 1. The average molecular weight is 534 g/mol. The number of nitrogens with zero attached hydrogens (tertiary/aromatic N) is 1. The second kappa shape index (κ2) is 10.3. The van der Waals surface area contributed by atoms with Gasteiger partial charge in [-0.15, -0.1) is 0 Å². The van der Waals surface area contributed by atoms with Crippen LogP contribution in [0.4, 0.5) is 0 Å². The van der Waals surface area contributed by atoms with Gasteiger partial charge in [0.1, 0.15) is 6.10 Å². The van der Waals surface area contributed by atoms with E-state index in [1.165, 1.54) is 0 Å². The van der Waals surface area contributed by atoms with Gasteiger partial charge in [0, 0.05) is 31.1 Å². The number of benzene rings is 1. The monoisotopic (exact) mass is 533 g/mol. The first-order valence-electron chi connectivity index (χ1n) is 13.4. The Morgan fingerprint density at radius 2 is 1.95 bits per heavy atom. The highest BCUT2D eigenvalue weighted by atomic mass is 16.7. The lowest BCUT2D eigenvalue weighted by Crippen LogP contribution is -2.51. The molecule has 2 aliphatic heterocycles. The summed E-state index contributed by atoms with van der Waals surface area (Å²) in [6, 6.07) is 6.32. The number of nitrogens with two attached hydrogens (primary N) is 2. The summed E-state index contributed by atoms with van der Waals surface area (Å²) < 4.78 is 11.7. The second-order valence-electron chi connectivity index (χ2n) is 10.6. The predicted octanol–water partition coefficient (Wildman–Crippen LogP) is 2.02. The molecule has 2 aliphatic carbocycles. The second-order valence-corrected chi connectivity index (χ2v) is 10.6. The van der Waals surface area contributed by atoms with E-state index in [0.29, 0.717) is 18.8 Å². The molecule has 2 heterocycles. The third-order valence-corrected chi connectivity index (χ3v) is 8.02. The minimum absolute atomic E-state index is 0.0557. The molecule has 10 heteroatoms. The zero-order chi connectivity index (χ0) is 27.8. The summed E-state index contributed by atoms with van der Waals surface area (Å²) in [5.74, 6) is -0.826. The number of ketones is 2. The number of nitrogens with one attached hydrogen (secondary N) is 2. The van der Waals surface area contributed by atoms with E-state index in [9.17, 15) is 14.4 Å². The third kappa shape index (κ3) is 4.63. The van der Waals surface area contributed by atoms with Crippen LogP contribution in [0.3, 0.4) is 0 Å². The Balaban J connectivity index is 1.42. The number of hydrogen-bond acceptors (Lipinski definition) is 8. The quantitative estimate of drug-likeness (QED) is 0.0978. The van der Waals surface area contributed by atoms with Gasteiger partial charge in [-0.1, -0.05) is 42.0 Å². The van der Waals surface area contributed by atoms with Crippen LogP contribution in [0.1, 0.15) is 66.2 Å². The lowest BCUT2D eigenvalue weighted by atomic mass is 9.72. The van der Waals surface area contributed by atoms with Crippen LogP contribution in [0.15, 0.2) is 64.5 Å². The first kappa shape index (κ1) is 26.7. The van der Waals surface area contributed by atoms with Gasteiger partial charge in [-0.05, 0) is 50.7 Å². The van der Waals surface area contributed by atoms with Gasteiger partial charge >= 0.3 is 5.97 Å². The Morgan fingerprint density at radius 1 is 1.26 bits per heavy atom. The maximum atomic E-state index is 13.8. The molecule has 6 N–H and O–H groups in total. The minimum Gasteiger partial charge on any atom is -0.460 e. The van der Waals surface area contributed by atoms with Crippen LogP contribution in [-0.4, -0.2) is 60.4 Å². The molecule has 1 saturated carbocycles. The molecule has 1 aromatic carbocycles. The Hall–Kier alpha value is -3.92. The van der Waals surface area contributed by atoms with Crippen LogP contribution < -0.4 is 22.1 Å². The van der Waals surface area contributed by atoms with Crippen molar-refractivity contribution in [3.05, 3.63) is 70.6 Å². The first-order valence-corrected chi connectivity index (χ1v) is 13.4. The van der Waals surface area contributed by atoms with Crippen molar-refractivity contribution in [3.8, 4) is 0 Å². The maximum absolute atomic E-state index is 13.8. The lowest BCUT2D eigenvalue weighted by molar-refractivity contribution is -0.153. The topological polar surface area (TPSA) is 161 Å². The number of Topliss-reactive ketones (excluding diaryl/α,β-unsaturated/α-hetero) is 2. The summed E-state index contributed by atoms with van der Waals surface area (Å²) in [6.07, 6.45) is 9.43. The van der Waals surface area contributed by atoms with Gasteiger partial charge in [0.25, 0.3) is 5.60 Å². The molecular weight excluding hydrogens is 498 g/mol. The third-order valence-electron chi connectivity index (χ3n) is 8.02. The number of rotatable bonds is 8. The molecule has 0 spiro atoms. The van der Waals surface area contributed by atoms with E-state index in [-0.39, 0.29) is 41.4 Å². The number of dihydropyridines is 1. The number of esters is 1. The van der Waals surface area contributed by atoms with Crippen molar-refractivity contribution < 1.29 is 23.9 Å². The largest absolute Gasteiger partial charge is 0.460 e. The van der Waals surface area contributed by atoms with E-state index in [4.69, 9.17) is 20.9 Å². The number of carbonyl (C=O) groups excluding carboxylic acids is 3. The van der Waals surface area contributed by atoms with Gasteiger partial charge < -0.3 is 31.6 Å². The highest BCUT2D eigenvalue weighted by Crippen LogP contribution is 2.58. The van der Waals surface area contributed by atoms with Crippen molar-refractivity contribution in [2.45, 2.75) is 68.8 Å². The Bertz CT molecular complexity index is 1320. The van der Waals surface area contributed by atoms with E-state index in [0.717, 1.165) is 36.8 Å². The Morgan fingerprint density at radius 3 is 2.62 bits per heavy atom. The van der Waals surface area contributed by atoms with E-state index >= 15 is 0 Å². The summed E-state index contributed by atoms with van der Waals surface area (Å²) >= 11 is 0. The number of aliphatic imine (C=N–C) groups is 1. The van der Waals surface area contributed by atoms with E-state index in [2.05, 4.69) is 15.6 Å². The standard InChI is InChI=1S/C29H35N5O5/c1-17(15-22(34-27(31)32-2)18-12-14-33-23(30)16-18)11-13-28-24(35)20-9-5-6-10-21(20)25(36)29(28,39-28)26(37)38-19-7-3-4-8-19/h5-6,9-12,16,19,22,33H,3-4,7-8,13-15,30H2,1-2H3,(H3,31,32,34)/b17-11+/t22-,28-,29-/m0/s1. The molecule has 10 nitrogen and oxygen atoms in total. The minimum atomic E-state index is -1.95. The van der Waals surface area contributed by atoms with Gasteiger partial charge in [-0.2, -0.15) is 0 Å². The maximum Gasteiger partial charge on any atom is 0.350 e. The van der Waals surface area contributed by atoms with Crippen LogP contribution in [0.25, 0.3) is 0 Å². The van der Waals surface area contributed by atoms with Crippen molar-refractivity contribution in [1.29, 1.82) is 0 Å². The van der Waals surface area contributed by atoms with Gasteiger partial charge in [0.05, 0.1) is 11.9 Å². The molecule has 0 radical (unpaired) electrons. The number of guanidine groups is 1. The highest BCUT2D eigenvalue weighted by molar-refractivity contribution is 6.32. The van der Waals surface area contributed by atoms with Gasteiger partial charge in [0.15, 0.2) is 17.3 Å². The molecule has 0 unspecified atom stereocenters. The fraction of sp³-hybridized carbons (Fsp3) is 0.448. The van der Waals surface area contributed by atoms with Crippen LogP contribution >= 0.6 is 0 Å². The highest BCUT2D eigenvalue weighted by Gasteiger charge is 2.85. The molecule has 2 fully saturated rings. The SMILES string of the molecule is CN=C(N)N[C@@H](C/C(C)=C/C[C@@]12O[C@]1(C(=O)OC1CCCC1)C(=O)c1ccccc1C2=O)C1=CCNC(N)=C1. The summed E-state index contributed by atoms with van der Waals surface area (Å²) in [5.41, 5.74) is 10.7. The molecule has 3 atom stereocenters. The summed E-state index contributed by atoms with van der Waals surface area (Å²) in [6.45, 7) is 2.50. The number of hydrogen-bond donors (Lipinski definition) is 4. The van der Waals surface area contributed by atoms with Crippen LogP contribution in [-0.2, 0) is 14.3 Å². The van der Waals surface area contributed by atoms with Crippen molar-refractivity contribution >= 4 is 23.5 Å². The van der Waals surface area contributed by atoms with Crippen molar-refractivity contribution in [2.75, 3.05) is 13.6 Å². The molecule has 4 aliphatic rings. The van der Waals surface area contributed by atoms with Gasteiger partial charge in [-0.25, -0.2) is 4.79 Å². The number of ether oxygens (including phenoxy) is 2. The summed E-state index contributed by atoms with van der Waals surface area (Å²) in [4.78, 5) is 45.0. The fourth-order valence-corrected chi connectivity index (χ4v) is 5.81. The zero-order valence-electron chi connectivity index (χ0n) is 22.3. The molecule has 0 bridgehead atoms. The molecule has 1 saturated heterocycles. The average Bonchev–Trinajstić information content (AvgIpc) is 3.39. The molecule has 39 heavy (non-hydrogen) atoms. The molecule has 1 aromatic rings. The summed E-state index contributed by atoms with van der Waals surface area (Å²) in [7, 11) is 1.60. The number of fused-ring (bicyclic) bond motifs is 2. The number of carbonyl (C=O) groups is 3. The molecule has 206 valence electrons. The first-order chi connectivity index (χ1) is 18.7. The van der Waals surface area contributed by atoms with E-state index < -0.39 is 23.0 Å². The molecular formula is C29H35N5O5. The molecule has 0 aromatic heterocycles. The van der Waals surface area contributed by atoms with Crippen LogP contribution in [0.2, 0.25) is 0 Å². The van der Waals surface area contributed by atoms with Crippen molar-refractivity contribution in [1.82, 2.24) is 10.6 Å². The zero-order valence-corrected chi connectivity index (χ0v) is 22.3. The van der Waals surface area contributed by atoms with E-state index in [1.807, 2.05) is 25.2 Å². The Labute approximate surface area is 227 Å². The normalized spacial score (nSPS) is 27.5. The van der Waals surface area contributed by atoms with Crippen LogP contribution in [0.5, 0.6) is 0 Å². The van der Waals surface area contributed by atoms with E-state index in [1.54, 1.807) is 31.3 Å². The Kier molecular flexibility index (Phi) is 7.07. The molecule has 0 amide bonds. The smallest absolute Gasteiger partial charge is 0.350 e. The van der Waals surface area contributed by atoms with Gasteiger partial charge in [-0.3, -0.25) is 14.6 Å².